The van der Waals surface area contributed by atoms with Crippen molar-refractivity contribution in [3.05, 3.63) is 46.2 Å². The van der Waals surface area contributed by atoms with Crippen molar-refractivity contribution in [3.63, 3.8) is 0 Å². The van der Waals surface area contributed by atoms with E-state index in [-0.39, 0.29) is 6.04 Å². The van der Waals surface area contributed by atoms with Crippen LogP contribution in [0.2, 0.25) is 5.02 Å². The lowest BCUT2D eigenvalue weighted by molar-refractivity contribution is 0.405. The Bertz CT molecular complexity index is 595. The van der Waals surface area contributed by atoms with Crippen LogP contribution in [0.4, 0.5) is 0 Å². The zero-order valence-corrected chi connectivity index (χ0v) is 12.8. The molecule has 1 aromatic heterocycles. The first-order chi connectivity index (χ1) is 9.58. The summed E-state index contributed by atoms with van der Waals surface area (Å²) < 4.78 is 7.27. The zero-order valence-electron chi connectivity index (χ0n) is 12.1. The van der Waals surface area contributed by atoms with E-state index < -0.39 is 0 Å². The molecule has 0 saturated carbocycles. The van der Waals surface area contributed by atoms with Crippen LogP contribution in [0.5, 0.6) is 5.75 Å². The highest BCUT2D eigenvalue weighted by molar-refractivity contribution is 6.31. The third-order valence-electron chi connectivity index (χ3n) is 3.40. The molecular weight excluding hydrogens is 274 g/mol. The van der Waals surface area contributed by atoms with Crippen molar-refractivity contribution in [2.75, 3.05) is 7.11 Å². The molecule has 1 aromatic carbocycles. The van der Waals surface area contributed by atoms with Crippen molar-refractivity contribution in [2.24, 2.45) is 5.73 Å². The summed E-state index contributed by atoms with van der Waals surface area (Å²) in [5.41, 5.74) is 9.12. The Labute approximate surface area is 124 Å². The van der Waals surface area contributed by atoms with Crippen molar-refractivity contribution in [3.8, 4) is 5.75 Å². The molecule has 0 aliphatic rings. The highest BCUT2D eigenvalue weighted by Crippen LogP contribution is 2.29. The van der Waals surface area contributed by atoms with Crippen molar-refractivity contribution in [1.82, 2.24) is 9.78 Å². The van der Waals surface area contributed by atoms with Gasteiger partial charge in [0.2, 0.25) is 0 Å². The van der Waals surface area contributed by atoms with Gasteiger partial charge in [0.1, 0.15) is 5.75 Å². The van der Waals surface area contributed by atoms with Crippen LogP contribution in [0.1, 0.15) is 29.9 Å². The summed E-state index contributed by atoms with van der Waals surface area (Å²) in [5.74, 6) is 0.801. The van der Waals surface area contributed by atoms with Gasteiger partial charge in [0, 0.05) is 24.6 Å². The smallest absolute Gasteiger partial charge is 0.123 e. The van der Waals surface area contributed by atoms with Crippen LogP contribution >= 0.6 is 11.6 Å². The minimum Gasteiger partial charge on any atom is -0.496 e. The van der Waals surface area contributed by atoms with Crippen LogP contribution in [0, 0.1) is 6.92 Å². The van der Waals surface area contributed by atoms with Gasteiger partial charge in [0.05, 0.1) is 23.5 Å². The van der Waals surface area contributed by atoms with Crippen LogP contribution in [0.25, 0.3) is 0 Å². The summed E-state index contributed by atoms with van der Waals surface area (Å²) in [6.45, 7) is 4.73. The SMILES string of the molecule is CCn1nc(C)c(Cl)c1CC(N)c1ccccc1OC. The molecule has 0 aliphatic heterocycles. The molecule has 1 atom stereocenters. The Morgan fingerprint density at radius 3 is 2.75 bits per heavy atom. The van der Waals surface area contributed by atoms with Crippen LogP contribution in [0.15, 0.2) is 24.3 Å². The van der Waals surface area contributed by atoms with Crippen molar-refractivity contribution < 1.29 is 4.74 Å². The highest BCUT2D eigenvalue weighted by Gasteiger charge is 2.18. The van der Waals surface area contributed by atoms with Gasteiger partial charge in [0.25, 0.3) is 0 Å². The first-order valence-corrected chi connectivity index (χ1v) is 7.06. The number of hydrogen-bond donors (Lipinski definition) is 1. The fraction of sp³-hybridized carbons (Fsp3) is 0.400. The summed E-state index contributed by atoms with van der Waals surface area (Å²) in [7, 11) is 1.65. The Morgan fingerprint density at radius 1 is 1.40 bits per heavy atom. The number of halogens is 1. The molecule has 0 bridgehead atoms. The molecule has 1 heterocycles. The maximum atomic E-state index is 6.33. The number of ether oxygens (including phenoxy) is 1. The molecule has 1 unspecified atom stereocenters. The average Bonchev–Trinajstić information content (AvgIpc) is 2.74. The molecule has 5 heteroatoms. The second-order valence-electron chi connectivity index (χ2n) is 4.71. The molecule has 0 saturated heterocycles. The Morgan fingerprint density at radius 2 is 2.10 bits per heavy atom. The Hall–Kier alpha value is -1.52. The molecule has 108 valence electrons. The van der Waals surface area contributed by atoms with E-state index in [4.69, 9.17) is 22.1 Å². The van der Waals surface area contributed by atoms with Gasteiger partial charge in [-0.15, -0.1) is 0 Å². The van der Waals surface area contributed by atoms with Gasteiger partial charge in [-0.05, 0) is 19.9 Å². The number of aromatic nitrogens is 2. The number of para-hydroxylation sites is 1. The summed E-state index contributed by atoms with van der Waals surface area (Å²) in [6, 6.07) is 7.62. The highest BCUT2D eigenvalue weighted by atomic mass is 35.5. The lowest BCUT2D eigenvalue weighted by Crippen LogP contribution is -2.17. The summed E-state index contributed by atoms with van der Waals surface area (Å²) >= 11 is 6.33. The molecular formula is C15H20ClN3O. The van der Waals surface area contributed by atoms with Crippen molar-refractivity contribution in [2.45, 2.75) is 32.9 Å². The topological polar surface area (TPSA) is 53.1 Å². The summed E-state index contributed by atoms with van der Waals surface area (Å²) in [6.07, 6.45) is 0.633. The maximum absolute atomic E-state index is 6.33. The average molecular weight is 294 g/mol. The Kier molecular flexibility index (Phi) is 4.68. The van der Waals surface area contributed by atoms with Crippen molar-refractivity contribution in [1.29, 1.82) is 0 Å². The Balaban J connectivity index is 2.30. The first kappa shape index (κ1) is 14.9. The fourth-order valence-corrected chi connectivity index (χ4v) is 2.57. The second-order valence-corrected chi connectivity index (χ2v) is 5.09. The molecule has 2 rings (SSSR count). The van der Waals surface area contributed by atoms with Crippen LogP contribution < -0.4 is 10.5 Å². The van der Waals surface area contributed by atoms with E-state index >= 15 is 0 Å². The van der Waals surface area contributed by atoms with Gasteiger partial charge in [-0.3, -0.25) is 4.68 Å². The van der Waals surface area contributed by atoms with Gasteiger partial charge in [-0.1, -0.05) is 29.8 Å². The van der Waals surface area contributed by atoms with E-state index in [1.165, 1.54) is 0 Å². The predicted molar refractivity (Wildman–Crippen MR) is 81.3 cm³/mol. The van der Waals surface area contributed by atoms with Gasteiger partial charge in [-0.25, -0.2) is 0 Å². The molecule has 2 aromatic rings. The predicted octanol–water partition coefficient (Wildman–Crippen LogP) is 3.12. The fourth-order valence-electron chi connectivity index (χ4n) is 2.36. The number of nitrogens with two attached hydrogens (primary N) is 1. The van der Waals surface area contributed by atoms with E-state index in [1.807, 2.05) is 42.8 Å². The van der Waals surface area contributed by atoms with E-state index in [0.717, 1.165) is 29.2 Å². The number of nitrogens with zero attached hydrogens (tertiary/aromatic N) is 2. The van der Waals surface area contributed by atoms with Gasteiger partial charge >= 0.3 is 0 Å². The summed E-state index contributed by atoms with van der Waals surface area (Å²) in [4.78, 5) is 0. The third-order valence-corrected chi connectivity index (χ3v) is 3.90. The van der Waals surface area contributed by atoms with E-state index in [0.29, 0.717) is 11.4 Å². The maximum Gasteiger partial charge on any atom is 0.123 e. The standard InChI is InChI=1S/C15H20ClN3O/c1-4-19-13(15(16)10(2)18-19)9-12(17)11-7-5-6-8-14(11)20-3/h5-8,12H,4,9,17H2,1-3H3. The lowest BCUT2D eigenvalue weighted by atomic mass is 10.0. The summed E-state index contributed by atoms with van der Waals surface area (Å²) in [5, 5.41) is 5.12. The molecule has 2 N–H and O–H groups in total. The van der Waals surface area contributed by atoms with Gasteiger partial charge < -0.3 is 10.5 Å². The molecule has 0 spiro atoms. The number of rotatable bonds is 5. The molecule has 0 aliphatic carbocycles. The van der Waals surface area contributed by atoms with E-state index in [1.54, 1.807) is 7.11 Å². The van der Waals surface area contributed by atoms with Gasteiger partial charge in [-0.2, -0.15) is 5.10 Å². The van der Waals surface area contributed by atoms with E-state index in [9.17, 15) is 0 Å². The van der Waals surface area contributed by atoms with E-state index in [2.05, 4.69) is 5.10 Å². The first-order valence-electron chi connectivity index (χ1n) is 6.68. The number of benzene rings is 1. The second kappa shape index (κ2) is 6.29. The largest absolute Gasteiger partial charge is 0.496 e. The number of hydrogen-bond acceptors (Lipinski definition) is 3. The number of aryl methyl sites for hydroxylation is 2. The minimum atomic E-state index is -0.176. The molecule has 0 radical (unpaired) electrons. The lowest BCUT2D eigenvalue weighted by Gasteiger charge is -2.16. The number of methoxy groups -OCH3 is 1. The van der Waals surface area contributed by atoms with Crippen LogP contribution in [-0.2, 0) is 13.0 Å². The molecule has 0 fully saturated rings. The van der Waals surface area contributed by atoms with Gasteiger partial charge in [0.15, 0.2) is 0 Å². The molecule has 20 heavy (non-hydrogen) atoms. The van der Waals surface area contributed by atoms with Crippen LogP contribution in [-0.4, -0.2) is 16.9 Å². The van der Waals surface area contributed by atoms with Crippen LogP contribution in [0.3, 0.4) is 0 Å². The molecule has 0 amide bonds. The van der Waals surface area contributed by atoms with Crippen molar-refractivity contribution >= 4 is 11.6 Å². The third kappa shape index (κ3) is 2.81. The minimum absolute atomic E-state index is 0.176. The zero-order chi connectivity index (χ0) is 14.7. The normalized spacial score (nSPS) is 12.4. The quantitative estimate of drug-likeness (QED) is 0.921. The molecule has 4 nitrogen and oxygen atoms in total. The monoisotopic (exact) mass is 293 g/mol.